The topological polar surface area (TPSA) is 52.0 Å². The molecule has 0 amide bonds. The fourth-order valence-corrected chi connectivity index (χ4v) is 2.80. The Kier molecular flexibility index (Phi) is 9.42. The zero-order valence-electron chi connectivity index (χ0n) is 14.7. The highest BCUT2D eigenvalue weighted by Gasteiger charge is 2.19. The number of hydrogen-bond acceptors (Lipinski definition) is 2. The molecule has 1 aromatic carbocycles. The van der Waals surface area contributed by atoms with Crippen LogP contribution in [0.3, 0.4) is 0 Å². The number of unbranched alkanes of at least 4 members (excludes halogenated alkanes) is 5. The Bertz CT molecular complexity index is 379. The largest absolute Gasteiger partial charge is 0.329 e. The van der Waals surface area contributed by atoms with E-state index in [4.69, 9.17) is 11.5 Å². The van der Waals surface area contributed by atoms with Crippen molar-refractivity contribution in [1.82, 2.24) is 0 Å². The zero-order valence-corrected chi connectivity index (χ0v) is 14.7. The van der Waals surface area contributed by atoms with E-state index < -0.39 is 0 Å². The van der Waals surface area contributed by atoms with Gasteiger partial charge in [0.15, 0.2) is 0 Å². The molecule has 0 aliphatic carbocycles. The first kappa shape index (κ1) is 19.2. The maximum Gasteiger partial charge on any atom is 0.0279 e. The van der Waals surface area contributed by atoms with Gasteiger partial charge in [-0.05, 0) is 43.2 Å². The van der Waals surface area contributed by atoms with Gasteiger partial charge in [-0.15, -0.1) is 0 Å². The molecule has 0 radical (unpaired) electrons. The Morgan fingerprint density at radius 3 is 1.91 bits per heavy atom. The second kappa shape index (κ2) is 10.8. The summed E-state index contributed by atoms with van der Waals surface area (Å²) in [6, 6.07) is 9.10. The van der Waals surface area contributed by atoms with Crippen LogP contribution in [0.15, 0.2) is 24.3 Å². The van der Waals surface area contributed by atoms with Crippen molar-refractivity contribution in [3.63, 3.8) is 0 Å². The van der Waals surface area contributed by atoms with Gasteiger partial charge in [0.05, 0.1) is 0 Å². The Hall–Kier alpha value is -0.860. The third-order valence-corrected chi connectivity index (χ3v) is 4.86. The van der Waals surface area contributed by atoms with E-state index in [1.54, 1.807) is 0 Å². The van der Waals surface area contributed by atoms with Crippen LogP contribution in [0.4, 0.5) is 0 Å². The molecule has 0 saturated heterocycles. The van der Waals surface area contributed by atoms with Crippen LogP contribution in [0.1, 0.15) is 76.3 Å². The molecular formula is C20H36N2. The van der Waals surface area contributed by atoms with Gasteiger partial charge in [-0.2, -0.15) is 0 Å². The maximum absolute atomic E-state index is 6.26. The molecule has 22 heavy (non-hydrogen) atoms. The first-order valence-electron chi connectivity index (χ1n) is 9.20. The van der Waals surface area contributed by atoms with Gasteiger partial charge in [0.2, 0.25) is 0 Å². The molecule has 2 heteroatoms. The predicted molar refractivity (Wildman–Crippen MR) is 98.1 cm³/mol. The molecule has 1 rings (SSSR count). The normalized spacial score (nSPS) is 14.0. The molecule has 2 nitrogen and oxygen atoms in total. The van der Waals surface area contributed by atoms with Crippen molar-refractivity contribution in [3.05, 3.63) is 35.4 Å². The lowest BCUT2D eigenvalue weighted by Crippen LogP contribution is -2.46. The van der Waals surface area contributed by atoms with Gasteiger partial charge in [0.1, 0.15) is 0 Å². The highest BCUT2D eigenvalue weighted by atomic mass is 14.8. The van der Waals surface area contributed by atoms with Gasteiger partial charge in [-0.1, -0.05) is 70.2 Å². The summed E-state index contributed by atoms with van der Waals surface area (Å²) in [6.45, 7) is 4.96. The monoisotopic (exact) mass is 304 g/mol. The summed E-state index contributed by atoms with van der Waals surface area (Å²) >= 11 is 0. The average Bonchev–Trinajstić information content (AvgIpc) is 2.57. The van der Waals surface area contributed by atoms with Crippen molar-refractivity contribution in [2.75, 3.05) is 6.54 Å². The van der Waals surface area contributed by atoms with Crippen molar-refractivity contribution < 1.29 is 0 Å². The molecule has 0 saturated carbocycles. The van der Waals surface area contributed by atoms with E-state index in [-0.39, 0.29) is 5.54 Å². The van der Waals surface area contributed by atoms with Gasteiger partial charge in [-0.3, -0.25) is 0 Å². The van der Waals surface area contributed by atoms with Crippen molar-refractivity contribution in [1.29, 1.82) is 0 Å². The molecule has 0 aliphatic rings. The predicted octanol–water partition coefficient (Wildman–Crippen LogP) is 4.59. The minimum atomic E-state index is -0.197. The molecule has 0 spiro atoms. The Morgan fingerprint density at radius 2 is 1.36 bits per heavy atom. The van der Waals surface area contributed by atoms with E-state index in [0.29, 0.717) is 6.54 Å². The molecule has 0 bridgehead atoms. The molecule has 0 fully saturated rings. The molecule has 1 atom stereocenters. The summed E-state index contributed by atoms with van der Waals surface area (Å²) in [6.07, 6.45) is 12.3. The van der Waals surface area contributed by atoms with Crippen molar-refractivity contribution in [2.45, 2.75) is 83.6 Å². The summed E-state index contributed by atoms with van der Waals surface area (Å²) in [4.78, 5) is 0. The zero-order chi connectivity index (χ0) is 16.3. The Morgan fingerprint density at radius 1 is 0.818 bits per heavy atom. The van der Waals surface area contributed by atoms with Crippen LogP contribution in [-0.4, -0.2) is 12.1 Å². The molecule has 1 aromatic rings. The maximum atomic E-state index is 6.26. The number of nitrogens with two attached hydrogens (primary N) is 2. The summed E-state index contributed by atoms with van der Waals surface area (Å²) in [5.74, 6) is 0. The molecule has 0 aromatic heterocycles. The lowest BCUT2D eigenvalue weighted by molar-refractivity contribution is 0.390. The quantitative estimate of drug-likeness (QED) is 0.555. The number of rotatable bonds is 12. The molecular weight excluding hydrogens is 268 g/mol. The van der Waals surface area contributed by atoms with Crippen LogP contribution in [0.2, 0.25) is 0 Å². The van der Waals surface area contributed by atoms with Crippen LogP contribution >= 0.6 is 0 Å². The second-order valence-electron chi connectivity index (χ2n) is 6.75. The molecule has 4 N–H and O–H groups in total. The van der Waals surface area contributed by atoms with E-state index in [1.165, 1.54) is 56.1 Å². The fraction of sp³-hybridized carbons (Fsp3) is 0.700. The van der Waals surface area contributed by atoms with E-state index in [9.17, 15) is 0 Å². The third kappa shape index (κ3) is 7.42. The second-order valence-corrected chi connectivity index (χ2v) is 6.75. The van der Waals surface area contributed by atoms with Crippen LogP contribution in [-0.2, 0) is 12.8 Å². The van der Waals surface area contributed by atoms with Crippen LogP contribution < -0.4 is 11.5 Å². The average molecular weight is 305 g/mol. The van der Waals surface area contributed by atoms with Crippen LogP contribution in [0.25, 0.3) is 0 Å². The summed E-state index contributed by atoms with van der Waals surface area (Å²) in [7, 11) is 0. The molecule has 126 valence electrons. The van der Waals surface area contributed by atoms with Crippen molar-refractivity contribution in [2.24, 2.45) is 11.5 Å². The molecule has 0 aliphatic heterocycles. The first-order valence-corrected chi connectivity index (χ1v) is 9.20. The van der Waals surface area contributed by atoms with Crippen molar-refractivity contribution >= 4 is 0 Å². The van der Waals surface area contributed by atoms with Crippen molar-refractivity contribution in [3.8, 4) is 0 Å². The lowest BCUT2D eigenvalue weighted by Gasteiger charge is -2.26. The standard InChI is InChI=1S/C20H36N2/c1-3-5-6-7-8-9-10-18-11-13-19(14-12-18)15-16-20(22,4-2)17-21/h11-14H,3-10,15-17,21-22H2,1-2H3. The highest BCUT2D eigenvalue weighted by molar-refractivity contribution is 5.23. The minimum Gasteiger partial charge on any atom is -0.329 e. The third-order valence-electron chi connectivity index (χ3n) is 4.86. The smallest absolute Gasteiger partial charge is 0.0279 e. The minimum absolute atomic E-state index is 0.197. The van der Waals surface area contributed by atoms with Gasteiger partial charge < -0.3 is 11.5 Å². The van der Waals surface area contributed by atoms with Crippen LogP contribution in [0.5, 0.6) is 0 Å². The lowest BCUT2D eigenvalue weighted by atomic mass is 9.89. The van der Waals surface area contributed by atoms with E-state index in [2.05, 4.69) is 38.1 Å². The fourth-order valence-electron chi connectivity index (χ4n) is 2.80. The Labute approximate surface area is 137 Å². The first-order chi connectivity index (χ1) is 10.6. The number of aryl methyl sites for hydroxylation is 2. The van der Waals surface area contributed by atoms with E-state index >= 15 is 0 Å². The van der Waals surface area contributed by atoms with E-state index in [0.717, 1.165) is 19.3 Å². The summed E-state index contributed by atoms with van der Waals surface area (Å²) in [5.41, 5.74) is 14.7. The molecule has 1 unspecified atom stereocenters. The van der Waals surface area contributed by atoms with Crippen LogP contribution in [0, 0.1) is 0 Å². The highest BCUT2D eigenvalue weighted by Crippen LogP contribution is 2.16. The van der Waals surface area contributed by atoms with Gasteiger partial charge in [-0.25, -0.2) is 0 Å². The van der Waals surface area contributed by atoms with Gasteiger partial charge in [0, 0.05) is 12.1 Å². The number of benzene rings is 1. The summed E-state index contributed by atoms with van der Waals surface area (Å²) < 4.78 is 0. The van der Waals surface area contributed by atoms with Gasteiger partial charge in [0.25, 0.3) is 0 Å². The Balaban J connectivity index is 2.28. The van der Waals surface area contributed by atoms with E-state index in [1.807, 2.05) is 0 Å². The molecule has 0 heterocycles. The SMILES string of the molecule is CCCCCCCCc1ccc(CCC(N)(CC)CN)cc1. The summed E-state index contributed by atoms with van der Waals surface area (Å²) in [5, 5.41) is 0. The number of hydrogen-bond donors (Lipinski definition) is 2. The van der Waals surface area contributed by atoms with Gasteiger partial charge >= 0.3 is 0 Å².